The van der Waals surface area contributed by atoms with Crippen molar-refractivity contribution in [2.45, 2.75) is 32.6 Å². The first-order valence-electron chi connectivity index (χ1n) is 5.85. The lowest BCUT2D eigenvalue weighted by molar-refractivity contribution is -0.141. The van der Waals surface area contributed by atoms with Gasteiger partial charge < -0.3 is 10.2 Å². The van der Waals surface area contributed by atoms with E-state index in [9.17, 15) is 18.0 Å². The van der Waals surface area contributed by atoms with Crippen LogP contribution in [0.1, 0.15) is 31.3 Å². The molecule has 114 valence electrons. The predicted molar refractivity (Wildman–Crippen MR) is 68.5 cm³/mol. The smallest absolute Gasteiger partial charge is 0.332 e. The van der Waals surface area contributed by atoms with Gasteiger partial charge in [-0.15, -0.1) is 0 Å². The SMILES string of the molecule is CC(C)n1nc(C(F)(F)F)c(Cl)c1CNC(=O)N(C)C. The molecule has 0 bridgehead atoms. The average molecular weight is 313 g/mol. The van der Waals surface area contributed by atoms with Crippen LogP contribution in [0.3, 0.4) is 0 Å². The quantitative estimate of drug-likeness (QED) is 0.933. The Kier molecular flexibility index (Phi) is 4.90. The summed E-state index contributed by atoms with van der Waals surface area (Å²) >= 11 is 5.75. The van der Waals surface area contributed by atoms with Crippen LogP contribution < -0.4 is 5.32 Å². The monoisotopic (exact) mass is 312 g/mol. The number of carbonyl (C=O) groups is 1. The summed E-state index contributed by atoms with van der Waals surface area (Å²) in [5.41, 5.74) is -1.01. The molecule has 1 rings (SSSR count). The van der Waals surface area contributed by atoms with E-state index < -0.39 is 22.9 Å². The lowest BCUT2D eigenvalue weighted by Gasteiger charge is -2.14. The molecule has 1 N–H and O–H groups in total. The molecule has 20 heavy (non-hydrogen) atoms. The number of nitrogens with one attached hydrogen (secondary N) is 1. The molecule has 0 aliphatic heterocycles. The Hall–Kier alpha value is -1.44. The number of halogens is 4. The second kappa shape index (κ2) is 5.90. The van der Waals surface area contributed by atoms with E-state index in [4.69, 9.17) is 11.6 Å². The van der Waals surface area contributed by atoms with Crippen LogP contribution in [0.25, 0.3) is 0 Å². The van der Waals surface area contributed by atoms with Crippen LogP contribution in [0, 0.1) is 0 Å². The minimum Gasteiger partial charge on any atom is -0.332 e. The van der Waals surface area contributed by atoms with Crippen LogP contribution >= 0.6 is 11.6 Å². The van der Waals surface area contributed by atoms with Crippen molar-refractivity contribution in [1.29, 1.82) is 0 Å². The molecule has 1 heterocycles. The van der Waals surface area contributed by atoms with Gasteiger partial charge in [0, 0.05) is 20.1 Å². The standard InChI is InChI=1S/C11H16ClF3N4O/c1-6(2)19-7(5-16-10(20)18(3)4)8(12)9(17-19)11(13,14)15/h6H,5H2,1-4H3,(H,16,20). The summed E-state index contributed by atoms with van der Waals surface area (Å²) in [6.45, 7) is 3.23. The van der Waals surface area contributed by atoms with Crippen LogP contribution in [0.15, 0.2) is 0 Å². The maximum atomic E-state index is 12.8. The Morgan fingerprint density at radius 2 is 2.00 bits per heavy atom. The first kappa shape index (κ1) is 16.6. The Bertz CT molecular complexity index is 497. The van der Waals surface area contributed by atoms with Crippen molar-refractivity contribution in [3.8, 4) is 0 Å². The number of alkyl halides is 3. The van der Waals surface area contributed by atoms with Crippen LogP contribution in [-0.2, 0) is 12.7 Å². The zero-order valence-electron chi connectivity index (χ0n) is 11.5. The van der Waals surface area contributed by atoms with Crippen LogP contribution in [-0.4, -0.2) is 34.8 Å². The van der Waals surface area contributed by atoms with Crippen molar-refractivity contribution in [2.24, 2.45) is 0 Å². The van der Waals surface area contributed by atoms with E-state index in [0.717, 1.165) is 0 Å². The largest absolute Gasteiger partial charge is 0.436 e. The summed E-state index contributed by atoms with van der Waals surface area (Å²) in [4.78, 5) is 12.7. The highest BCUT2D eigenvalue weighted by atomic mass is 35.5. The Labute approximate surface area is 119 Å². The molecule has 1 aromatic rings. The molecule has 0 saturated heterocycles. The number of urea groups is 1. The summed E-state index contributed by atoms with van der Waals surface area (Å²) in [6.07, 6.45) is -4.63. The molecule has 0 aromatic carbocycles. The summed E-state index contributed by atoms with van der Waals surface area (Å²) in [6, 6.07) is -0.735. The van der Waals surface area contributed by atoms with Gasteiger partial charge in [-0.05, 0) is 13.8 Å². The Morgan fingerprint density at radius 1 is 1.45 bits per heavy atom. The van der Waals surface area contributed by atoms with Crippen molar-refractivity contribution in [3.05, 3.63) is 16.4 Å². The number of nitrogens with zero attached hydrogens (tertiary/aromatic N) is 3. The van der Waals surface area contributed by atoms with Crippen LogP contribution in [0.5, 0.6) is 0 Å². The fourth-order valence-electron chi connectivity index (χ4n) is 1.53. The van der Waals surface area contributed by atoms with Crippen molar-refractivity contribution in [3.63, 3.8) is 0 Å². The summed E-state index contributed by atoms with van der Waals surface area (Å²) < 4.78 is 39.5. The minimum absolute atomic E-state index is 0.128. The second-order valence-corrected chi connectivity index (χ2v) is 5.08. The van der Waals surface area contributed by atoms with E-state index in [1.807, 2.05) is 0 Å². The highest BCUT2D eigenvalue weighted by Gasteiger charge is 2.39. The van der Waals surface area contributed by atoms with E-state index in [-0.39, 0.29) is 18.3 Å². The molecule has 0 aliphatic rings. The normalized spacial score (nSPS) is 11.8. The summed E-state index contributed by atoms with van der Waals surface area (Å²) in [5.74, 6) is 0. The molecule has 0 aliphatic carbocycles. The van der Waals surface area contributed by atoms with E-state index in [0.29, 0.717) is 0 Å². The van der Waals surface area contributed by atoms with Gasteiger partial charge in [0.25, 0.3) is 0 Å². The fourth-order valence-corrected chi connectivity index (χ4v) is 1.83. The third kappa shape index (κ3) is 3.56. The van der Waals surface area contributed by atoms with Gasteiger partial charge in [-0.25, -0.2) is 4.79 Å². The predicted octanol–water partition coefficient (Wildman–Crippen LogP) is 2.91. The molecule has 0 spiro atoms. The van der Waals surface area contributed by atoms with Gasteiger partial charge >= 0.3 is 12.2 Å². The average Bonchev–Trinajstić information content (AvgIpc) is 2.63. The molecule has 2 amide bonds. The molecular formula is C11H16ClF3N4O. The molecule has 0 fully saturated rings. The first-order chi connectivity index (χ1) is 9.05. The van der Waals surface area contributed by atoms with Crippen molar-refractivity contribution >= 4 is 17.6 Å². The van der Waals surface area contributed by atoms with E-state index >= 15 is 0 Å². The molecule has 1 aromatic heterocycles. The number of hydrogen-bond donors (Lipinski definition) is 1. The second-order valence-electron chi connectivity index (χ2n) is 4.70. The topological polar surface area (TPSA) is 50.2 Å². The number of rotatable bonds is 3. The number of carbonyl (C=O) groups excluding carboxylic acids is 1. The molecule has 0 unspecified atom stereocenters. The van der Waals surface area contributed by atoms with Crippen LogP contribution in [0.2, 0.25) is 5.02 Å². The molecule has 0 saturated carbocycles. The fraction of sp³-hybridized carbons (Fsp3) is 0.636. The van der Waals surface area contributed by atoms with Gasteiger partial charge in [0.1, 0.15) is 0 Å². The molecule has 9 heteroatoms. The highest BCUT2D eigenvalue weighted by molar-refractivity contribution is 6.32. The van der Waals surface area contributed by atoms with Gasteiger partial charge in [-0.3, -0.25) is 4.68 Å². The molecular weight excluding hydrogens is 297 g/mol. The van der Waals surface area contributed by atoms with Gasteiger partial charge in [-0.2, -0.15) is 18.3 Å². The lowest BCUT2D eigenvalue weighted by atomic mass is 10.3. The Morgan fingerprint density at radius 3 is 2.40 bits per heavy atom. The van der Waals surface area contributed by atoms with Crippen LogP contribution in [0.4, 0.5) is 18.0 Å². The van der Waals surface area contributed by atoms with Gasteiger partial charge in [0.05, 0.1) is 17.3 Å². The van der Waals surface area contributed by atoms with E-state index in [1.165, 1.54) is 23.7 Å². The van der Waals surface area contributed by atoms with E-state index in [2.05, 4.69) is 10.4 Å². The number of amides is 2. The minimum atomic E-state index is -4.63. The van der Waals surface area contributed by atoms with Crippen molar-refractivity contribution in [2.75, 3.05) is 14.1 Å². The summed E-state index contributed by atoms with van der Waals surface area (Å²) in [7, 11) is 3.05. The highest BCUT2D eigenvalue weighted by Crippen LogP contribution is 2.36. The molecule has 5 nitrogen and oxygen atoms in total. The maximum absolute atomic E-state index is 12.8. The maximum Gasteiger partial charge on any atom is 0.436 e. The number of hydrogen-bond acceptors (Lipinski definition) is 2. The third-order valence-electron chi connectivity index (χ3n) is 2.52. The van der Waals surface area contributed by atoms with Gasteiger partial charge in [0.15, 0.2) is 5.69 Å². The Balaban J connectivity index is 3.11. The molecule has 0 radical (unpaired) electrons. The zero-order chi connectivity index (χ0) is 15.7. The zero-order valence-corrected chi connectivity index (χ0v) is 12.3. The molecule has 0 atom stereocenters. The van der Waals surface area contributed by atoms with E-state index in [1.54, 1.807) is 13.8 Å². The third-order valence-corrected chi connectivity index (χ3v) is 2.91. The van der Waals surface area contributed by atoms with Gasteiger partial charge in [-0.1, -0.05) is 11.6 Å². The first-order valence-corrected chi connectivity index (χ1v) is 6.22. The number of aromatic nitrogens is 2. The summed E-state index contributed by atoms with van der Waals surface area (Å²) in [5, 5.41) is 5.49. The lowest BCUT2D eigenvalue weighted by Crippen LogP contribution is -2.34. The van der Waals surface area contributed by atoms with Gasteiger partial charge in [0.2, 0.25) is 0 Å². The van der Waals surface area contributed by atoms with Crippen molar-refractivity contribution < 1.29 is 18.0 Å². The van der Waals surface area contributed by atoms with Crippen molar-refractivity contribution in [1.82, 2.24) is 20.0 Å².